The fourth-order valence-corrected chi connectivity index (χ4v) is 4.19. The predicted octanol–water partition coefficient (Wildman–Crippen LogP) is 6.59. The van der Waals surface area contributed by atoms with Gasteiger partial charge in [0.05, 0.1) is 25.1 Å². The minimum absolute atomic E-state index is 0.188. The molecule has 4 rings (SSSR count). The number of ether oxygens (including phenoxy) is 3. The molecule has 2 atom stereocenters. The molecular formula is C30H34ClN3O5. The van der Waals surface area contributed by atoms with Gasteiger partial charge in [0.25, 0.3) is 5.91 Å². The number of benzene rings is 2. The number of esters is 1. The number of nitrogens with zero attached hydrogens (tertiary/aromatic N) is 1. The van der Waals surface area contributed by atoms with Crippen molar-refractivity contribution in [1.82, 2.24) is 4.98 Å². The van der Waals surface area contributed by atoms with Crippen LogP contribution in [0, 0.1) is 23.2 Å². The number of carbonyl (C=O) groups is 2. The Balaban J connectivity index is 1.46. The third-order valence-corrected chi connectivity index (χ3v) is 7.31. The second-order valence-corrected chi connectivity index (χ2v) is 10.5. The monoisotopic (exact) mass is 551 g/mol. The SMILES string of the molecule is COc1cc(N(C=N)C(=O)c2cc(-c3ccc(Cl)cc3)c[nH]2)ccc1OCC(OC(=O)C(C)C(C)C)C1CC1. The molecule has 1 heterocycles. The molecule has 1 aliphatic rings. The van der Waals surface area contributed by atoms with Crippen LogP contribution in [-0.4, -0.2) is 43.0 Å². The molecule has 206 valence electrons. The van der Waals surface area contributed by atoms with E-state index in [9.17, 15) is 9.59 Å². The summed E-state index contributed by atoms with van der Waals surface area (Å²) in [4.78, 5) is 30.0. The molecule has 1 aromatic heterocycles. The average Bonchev–Trinajstić information content (AvgIpc) is 3.67. The van der Waals surface area contributed by atoms with Crippen molar-refractivity contribution in [2.45, 2.75) is 39.7 Å². The van der Waals surface area contributed by atoms with Crippen molar-refractivity contribution >= 4 is 35.5 Å². The maximum atomic E-state index is 13.3. The van der Waals surface area contributed by atoms with E-state index in [0.717, 1.165) is 30.3 Å². The molecule has 0 aliphatic heterocycles. The number of H-pyrrole nitrogens is 1. The van der Waals surface area contributed by atoms with Gasteiger partial charge in [0.2, 0.25) is 0 Å². The zero-order chi connectivity index (χ0) is 28.1. The van der Waals surface area contributed by atoms with Crippen LogP contribution in [0.1, 0.15) is 44.1 Å². The number of methoxy groups -OCH3 is 1. The number of hydrogen-bond donors (Lipinski definition) is 2. The molecule has 2 N–H and O–H groups in total. The van der Waals surface area contributed by atoms with Crippen molar-refractivity contribution in [2.75, 3.05) is 18.6 Å². The van der Waals surface area contributed by atoms with E-state index in [4.69, 9.17) is 31.2 Å². The number of amides is 1. The predicted molar refractivity (Wildman–Crippen MR) is 152 cm³/mol. The number of hydrogen-bond acceptors (Lipinski definition) is 6. The van der Waals surface area contributed by atoms with Crippen LogP contribution in [-0.2, 0) is 9.53 Å². The van der Waals surface area contributed by atoms with Gasteiger partial charge < -0.3 is 19.2 Å². The molecule has 2 aromatic carbocycles. The quantitative estimate of drug-likeness (QED) is 0.150. The molecule has 0 bridgehead atoms. The smallest absolute Gasteiger partial charge is 0.309 e. The van der Waals surface area contributed by atoms with Gasteiger partial charge in [0.1, 0.15) is 18.4 Å². The van der Waals surface area contributed by atoms with Gasteiger partial charge >= 0.3 is 5.97 Å². The zero-order valence-electron chi connectivity index (χ0n) is 22.6. The largest absolute Gasteiger partial charge is 0.493 e. The lowest BCUT2D eigenvalue weighted by molar-refractivity contribution is -0.157. The number of anilines is 1. The third kappa shape index (κ3) is 6.81. The minimum Gasteiger partial charge on any atom is -0.493 e. The van der Waals surface area contributed by atoms with Crippen molar-refractivity contribution in [1.29, 1.82) is 5.41 Å². The summed E-state index contributed by atoms with van der Waals surface area (Å²) in [7, 11) is 1.51. The second-order valence-electron chi connectivity index (χ2n) is 10.1. The van der Waals surface area contributed by atoms with E-state index >= 15 is 0 Å². The molecule has 0 spiro atoms. The van der Waals surface area contributed by atoms with E-state index in [1.165, 1.54) is 12.0 Å². The highest BCUT2D eigenvalue weighted by molar-refractivity contribution is 6.30. The Bertz CT molecular complexity index is 1320. The molecule has 9 heteroatoms. The van der Waals surface area contributed by atoms with Crippen molar-refractivity contribution in [3.63, 3.8) is 0 Å². The van der Waals surface area contributed by atoms with Gasteiger partial charge in [-0.15, -0.1) is 0 Å². The standard InChI is InChI=1S/C30H34ClN3O5/c1-18(2)19(3)30(36)39-28(21-5-6-21)16-38-26-12-11-24(14-27(26)37-4)34(17-32)29(35)25-13-22(15-33-25)20-7-9-23(31)10-8-20/h7-15,17-19,21,28,32-33H,5-6,16H2,1-4H3. The number of carbonyl (C=O) groups excluding carboxylic acids is 2. The lowest BCUT2D eigenvalue weighted by Crippen LogP contribution is -2.31. The second kappa shape index (κ2) is 12.4. The molecule has 0 saturated heterocycles. The topological polar surface area (TPSA) is 105 Å². The lowest BCUT2D eigenvalue weighted by atomic mass is 9.98. The first-order valence-electron chi connectivity index (χ1n) is 13.0. The Kier molecular flexibility index (Phi) is 8.97. The number of rotatable bonds is 12. The van der Waals surface area contributed by atoms with Crippen LogP contribution in [0.2, 0.25) is 5.02 Å². The molecule has 1 saturated carbocycles. The van der Waals surface area contributed by atoms with E-state index in [-0.39, 0.29) is 30.5 Å². The first-order valence-corrected chi connectivity index (χ1v) is 13.4. The lowest BCUT2D eigenvalue weighted by Gasteiger charge is -2.23. The van der Waals surface area contributed by atoms with Gasteiger partial charge in [0.15, 0.2) is 11.5 Å². The molecule has 39 heavy (non-hydrogen) atoms. The molecule has 0 radical (unpaired) electrons. The Morgan fingerprint density at radius 3 is 2.41 bits per heavy atom. The summed E-state index contributed by atoms with van der Waals surface area (Å²) < 4.78 is 17.4. The van der Waals surface area contributed by atoms with Crippen LogP contribution < -0.4 is 14.4 Å². The fraction of sp³-hybridized carbons (Fsp3) is 0.367. The van der Waals surface area contributed by atoms with Crippen LogP contribution in [0.4, 0.5) is 5.69 Å². The van der Waals surface area contributed by atoms with Crippen LogP contribution in [0.15, 0.2) is 54.7 Å². The first kappa shape index (κ1) is 28.2. The minimum atomic E-state index is -0.402. The number of halogens is 1. The maximum absolute atomic E-state index is 13.3. The summed E-state index contributed by atoms with van der Waals surface area (Å²) in [5, 5.41) is 8.54. The van der Waals surface area contributed by atoms with Gasteiger partial charge in [-0.25, -0.2) is 0 Å². The zero-order valence-corrected chi connectivity index (χ0v) is 23.3. The van der Waals surface area contributed by atoms with Gasteiger partial charge in [-0.1, -0.05) is 44.5 Å². The van der Waals surface area contributed by atoms with Crippen LogP contribution >= 0.6 is 11.6 Å². The molecule has 2 unspecified atom stereocenters. The van der Waals surface area contributed by atoms with Crippen LogP contribution in [0.5, 0.6) is 11.5 Å². The van der Waals surface area contributed by atoms with E-state index in [0.29, 0.717) is 33.8 Å². The summed E-state index contributed by atoms with van der Waals surface area (Å²) in [6, 6.07) is 14.1. The van der Waals surface area contributed by atoms with Gasteiger partial charge in [-0.2, -0.15) is 0 Å². The Morgan fingerprint density at radius 2 is 1.79 bits per heavy atom. The Morgan fingerprint density at radius 1 is 1.08 bits per heavy atom. The highest BCUT2D eigenvalue weighted by Crippen LogP contribution is 2.37. The Labute approximate surface area is 233 Å². The molecule has 1 aliphatic carbocycles. The van der Waals surface area contributed by atoms with Crippen LogP contribution in [0.25, 0.3) is 11.1 Å². The Hall–Kier alpha value is -3.78. The van der Waals surface area contributed by atoms with E-state index in [1.807, 2.05) is 32.9 Å². The molecule has 3 aromatic rings. The molecule has 1 amide bonds. The van der Waals surface area contributed by atoms with Crippen molar-refractivity contribution in [3.8, 4) is 22.6 Å². The molecule has 8 nitrogen and oxygen atoms in total. The average molecular weight is 552 g/mol. The van der Waals surface area contributed by atoms with Gasteiger partial charge in [0, 0.05) is 17.3 Å². The highest BCUT2D eigenvalue weighted by atomic mass is 35.5. The van der Waals surface area contributed by atoms with Crippen molar-refractivity contribution in [2.24, 2.45) is 17.8 Å². The maximum Gasteiger partial charge on any atom is 0.309 e. The summed E-state index contributed by atoms with van der Waals surface area (Å²) >= 11 is 5.98. The van der Waals surface area contributed by atoms with Crippen molar-refractivity contribution in [3.05, 3.63) is 65.4 Å². The van der Waals surface area contributed by atoms with Gasteiger partial charge in [-0.3, -0.25) is 19.9 Å². The summed E-state index contributed by atoms with van der Waals surface area (Å²) in [6.07, 6.45) is 4.37. The van der Waals surface area contributed by atoms with E-state index in [1.54, 1.807) is 42.6 Å². The van der Waals surface area contributed by atoms with Crippen molar-refractivity contribution < 1.29 is 23.8 Å². The number of aromatic amines is 1. The number of nitrogens with one attached hydrogen (secondary N) is 2. The molecular weight excluding hydrogens is 518 g/mol. The third-order valence-electron chi connectivity index (χ3n) is 7.05. The highest BCUT2D eigenvalue weighted by Gasteiger charge is 2.36. The van der Waals surface area contributed by atoms with E-state index in [2.05, 4.69) is 4.98 Å². The van der Waals surface area contributed by atoms with Gasteiger partial charge in [-0.05, 0) is 66.1 Å². The normalized spacial score (nSPS) is 14.4. The first-order chi connectivity index (χ1) is 18.7. The molecule has 1 fully saturated rings. The number of aromatic nitrogens is 1. The summed E-state index contributed by atoms with van der Waals surface area (Å²) in [6.45, 7) is 6.08. The fourth-order valence-electron chi connectivity index (χ4n) is 4.07. The van der Waals surface area contributed by atoms with E-state index < -0.39 is 5.91 Å². The summed E-state index contributed by atoms with van der Waals surface area (Å²) in [5.41, 5.74) is 2.51. The summed E-state index contributed by atoms with van der Waals surface area (Å²) in [5.74, 6) is 0.548. The van der Waals surface area contributed by atoms with Crippen LogP contribution in [0.3, 0.4) is 0 Å².